The lowest BCUT2D eigenvalue weighted by Crippen LogP contribution is -2.33. The number of hydrogen-bond acceptors (Lipinski definition) is 6. The number of carbonyl (C=O) groups is 2. The van der Waals surface area contributed by atoms with E-state index in [1.807, 2.05) is 67.6 Å². The van der Waals surface area contributed by atoms with Gasteiger partial charge in [0.25, 0.3) is 0 Å². The first-order chi connectivity index (χ1) is 20.6. The van der Waals surface area contributed by atoms with E-state index in [2.05, 4.69) is 11.0 Å². The SMILES string of the molecule is Cc1ccc2c(C(=O)c3ccc(OCCN4CCCCC4)cc3)c(-c3ccccc3OC(=O)c3ccccc3)sc2c1. The van der Waals surface area contributed by atoms with E-state index in [1.54, 1.807) is 30.3 Å². The third kappa shape index (κ3) is 6.15. The number of esters is 1. The van der Waals surface area contributed by atoms with Crippen LogP contribution in [-0.4, -0.2) is 42.9 Å². The van der Waals surface area contributed by atoms with Crippen LogP contribution in [0.1, 0.15) is 51.1 Å². The molecule has 212 valence electrons. The fraction of sp³-hybridized carbons (Fsp3) is 0.222. The van der Waals surface area contributed by atoms with Crippen molar-refractivity contribution in [1.82, 2.24) is 4.90 Å². The molecule has 42 heavy (non-hydrogen) atoms. The number of ketones is 1. The molecule has 0 saturated carbocycles. The van der Waals surface area contributed by atoms with Gasteiger partial charge in [-0.15, -0.1) is 11.3 Å². The smallest absolute Gasteiger partial charge is 0.343 e. The molecule has 2 heterocycles. The Bertz CT molecular complexity index is 1700. The van der Waals surface area contributed by atoms with Gasteiger partial charge in [-0.1, -0.05) is 48.9 Å². The van der Waals surface area contributed by atoms with Gasteiger partial charge in [0.1, 0.15) is 18.1 Å². The Morgan fingerprint density at radius 3 is 2.33 bits per heavy atom. The molecule has 1 aromatic heterocycles. The maximum absolute atomic E-state index is 14.1. The van der Waals surface area contributed by atoms with Gasteiger partial charge in [-0.25, -0.2) is 4.79 Å². The highest BCUT2D eigenvalue weighted by atomic mass is 32.1. The van der Waals surface area contributed by atoms with E-state index in [4.69, 9.17) is 9.47 Å². The first-order valence-electron chi connectivity index (χ1n) is 14.5. The summed E-state index contributed by atoms with van der Waals surface area (Å²) in [5.41, 5.74) is 3.48. The molecule has 6 heteroatoms. The van der Waals surface area contributed by atoms with E-state index >= 15 is 0 Å². The summed E-state index contributed by atoms with van der Waals surface area (Å²) in [7, 11) is 0. The van der Waals surface area contributed by atoms with E-state index < -0.39 is 5.97 Å². The lowest BCUT2D eigenvalue weighted by Gasteiger charge is -2.26. The zero-order chi connectivity index (χ0) is 28.9. The summed E-state index contributed by atoms with van der Waals surface area (Å²) in [5.74, 6) is 0.654. The standard InChI is InChI=1S/C36H33NO4S/c1-25-14-19-30-32(24-25)42-35(29-12-6-7-13-31(29)41-36(39)27-10-4-2-5-11-27)33(30)34(38)26-15-17-28(18-16-26)40-23-22-37-20-8-3-9-21-37/h2,4-7,10-19,24H,3,8-9,20-23H2,1H3. The Balaban J connectivity index is 1.29. The molecule has 0 aliphatic carbocycles. The van der Waals surface area contributed by atoms with Crippen LogP contribution < -0.4 is 9.47 Å². The number of nitrogens with zero attached hydrogens (tertiary/aromatic N) is 1. The largest absolute Gasteiger partial charge is 0.492 e. The van der Waals surface area contributed by atoms with Crippen molar-refractivity contribution < 1.29 is 19.1 Å². The lowest BCUT2D eigenvalue weighted by molar-refractivity contribution is 0.0735. The minimum absolute atomic E-state index is 0.0795. The molecule has 0 spiro atoms. The molecule has 6 rings (SSSR count). The van der Waals surface area contributed by atoms with Gasteiger partial charge in [-0.05, 0) is 93.0 Å². The summed E-state index contributed by atoms with van der Waals surface area (Å²) < 4.78 is 12.9. The molecule has 0 radical (unpaired) electrons. The van der Waals surface area contributed by atoms with Crippen molar-refractivity contribution in [3.05, 3.63) is 119 Å². The molecule has 1 fully saturated rings. The Morgan fingerprint density at radius 1 is 0.810 bits per heavy atom. The van der Waals surface area contributed by atoms with Crippen molar-refractivity contribution >= 4 is 33.2 Å². The van der Waals surface area contributed by atoms with Crippen molar-refractivity contribution in [2.45, 2.75) is 26.2 Å². The number of piperidine rings is 1. The molecule has 1 aliphatic rings. The maximum Gasteiger partial charge on any atom is 0.343 e. The average Bonchev–Trinajstić information content (AvgIpc) is 3.40. The third-order valence-corrected chi connectivity index (χ3v) is 8.84. The van der Waals surface area contributed by atoms with Gasteiger partial charge < -0.3 is 9.47 Å². The monoisotopic (exact) mass is 575 g/mol. The van der Waals surface area contributed by atoms with Crippen molar-refractivity contribution in [2.24, 2.45) is 0 Å². The Hall–Kier alpha value is -4.26. The van der Waals surface area contributed by atoms with Gasteiger partial charge in [0, 0.05) is 33.3 Å². The van der Waals surface area contributed by atoms with Crippen molar-refractivity contribution in [1.29, 1.82) is 0 Å². The number of rotatable bonds is 9. The Labute approximate surface area is 250 Å². The van der Waals surface area contributed by atoms with Crippen LogP contribution in [0.15, 0.2) is 97.1 Å². The molecule has 0 bridgehead atoms. The summed E-state index contributed by atoms with van der Waals surface area (Å²) in [4.78, 5) is 30.3. The van der Waals surface area contributed by atoms with Crippen LogP contribution in [0, 0.1) is 6.92 Å². The predicted molar refractivity (Wildman–Crippen MR) is 169 cm³/mol. The summed E-state index contributed by atoms with van der Waals surface area (Å²) in [6, 6.07) is 29.9. The number of carbonyl (C=O) groups excluding carboxylic acids is 2. The van der Waals surface area contributed by atoms with Crippen LogP contribution in [0.4, 0.5) is 0 Å². The first kappa shape index (κ1) is 27.9. The molecule has 0 atom stereocenters. The van der Waals surface area contributed by atoms with E-state index in [9.17, 15) is 9.59 Å². The second kappa shape index (κ2) is 12.7. The molecule has 0 unspecified atom stereocenters. The summed E-state index contributed by atoms with van der Waals surface area (Å²) >= 11 is 1.54. The van der Waals surface area contributed by atoms with Crippen LogP contribution in [0.3, 0.4) is 0 Å². The average molecular weight is 576 g/mol. The molecular formula is C36H33NO4S. The molecule has 4 aromatic carbocycles. The number of fused-ring (bicyclic) bond motifs is 1. The summed E-state index contributed by atoms with van der Waals surface area (Å²) in [5, 5.41) is 0.886. The highest BCUT2D eigenvalue weighted by Crippen LogP contribution is 2.43. The Kier molecular flexibility index (Phi) is 8.45. The highest BCUT2D eigenvalue weighted by Gasteiger charge is 2.24. The number of thiophene rings is 1. The number of likely N-dealkylation sites (tertiary alicyclic amines) is 1. The van der Waals surface area contributed by atoms with E-state index in [-0.39, 0.29) is 5.78 Å². The molecule has 1 saturated heterocycles. The van der Waals surface area contributed by atoms with Crippen LogP contribution >= 0.6 is 11.3 Å². The Morgan fingerprint density at radius 2 is 1.55 bits per heavy atom. The quantitative estimate of drug-likeness (QED) is 0.101. The van der Waals surface area contributed by atoms with Gasteiger partial charge in [0.05, 0.1) is 10.4 Å². The predicted octanol–water partition coefficient (Wildman–Crippen LogP) is 8.19. The molecule has 0 N–H and O–H groups in total. The van der Waals surface area contributed by atoms with Crippen LogP contribution in [-0.2, 0) is 0 Å². The van der Waals surface area contributed by atoms with Crippen molar-refractivity contribution in [3.8, 4) is 21.9 Å². The normalized spacial score (nSPS) is 13.6. The molecule has 0 amide bonds. The van der Waals surface area contributed by atoms with Crippen molar-refractivity contribution in [2.75, 3.05) is 26.2 Å². The summed E-state index contributed by atoms with van der Waals surface area (Å²) in [6.07, 6.45) is 3.84. The highest BCUT2D eigenvalue weighted by molar-refractivity contribution is 7.22. The maximum atomic E-state index is 14.1. The first-order valence-corrected chi connectivity index (χ1v) is 15.3. The van der Waals surface area contributed by atoms with Crippen LogP contribution in [0.2, 0.25) is 0 Å². The van der Waals surface area contributed by atoms with Crippen LogP contribution in [0.25, 0.3) is 20.5 Å². The van der Waals surface area contributed by atoms with Gasteiger partial charge in [-0.2, -0.15) is 0 Å². The van der Waals surface area contributed by atoms with Crippen molar-refractivity contribution in [3.63, 3.8) is 0 Å². The van der Waals surface area contributed by atoms with E-state index in [1.165, 1.54) is 30.6 Å². The minimum atomic E-state index is -0.441. The van der Waals surface area contributed by atoms with Gasteiger partial charge in [0.2, 0.25) is 0 Å². The fourth-order valence-electron chi connectivity index (χ4n) is 5.42. The van der Waals surface area contributed by atoms with Gasteiger partial charge in [-0.3, -0.25) is 9.69 Å². The zero-order valence-electron chi connectivity index (χ0n) is 23.7. The van der Waals surface area contributed by atoms with Gasteiger partial charge in [0.15, 0.2) is 5.78 Å². The number of aryl methyl sites for hydroxylation is 1. The molecule has 1 aliphatic heterocycles. The lowest BCUT2D eigenvalue weighted by atomic mass is 9.97. The third-order valence-electron chi connectivity index (χ3n) is 7.66. The second-order valence-electron chi connectivity index (χ2n) is 10.7. The second-order valence-corrected chi connectivity index (χ2v) is 11.7. The summed E-state index contributed by atoms with van der Waals surface area (Å²) in [6.45, 7) is 5.87. The fourth-order valence-corrected chi connectivity index (χ4v) is 6.75. The number of hydrogen-bond donors (Lipinski definition) is 0. The molecule has 5 aromatic rings. The molecular weight excluding hydrogens is 542 g/mol. The minimum Gasteiger partial charge on any atom is -0.492 e. The van der Waals surface area contributed by atoms with E-state index in [0.29, 0.717) is 34.6 Å². The van der Waals surface area contributed by atoms with Crippen LogP contribution in [0.5, 0.6) is 11.5 Å². The number of benzene rings is 4. The topological polar surface area (TPSA) is 55.8 Å². The number of para-hydroxylation sites is 1. The van der Waals surface area contributed by atoms with Gasteiger partial charge >= 0.3 is 5.97 Å². The van der Waals surface area contributed by atoms with E-state index in [0.717, 1.165) is 45.9 Å². The molecule has 5 nitrogen and oxygen atoms in total. The zero-order valence-corrected chi connectivity index (χ0v) is 24.5. The number of ether oxygens (including phenoxy) is 2.